The van der Waals surface area contributed by atoms with E-state index < -0.39 is 0 Å². The summed E-state index contributed by atoms with van der Waals surface area (Å²) in [4.78, 5) is 2.41. The minimum atomic E-state index is 0.360. The van der Waals surface area contributed by atoms with Gasteiger partial charge in [0.2, 0.25) is 0 Å². The third-order valence-electron chi connectivity index (χ3n) is 4.19. The van der Waals surface area contributed by atoms with Crippen molar-refractivity contribution in [3.8, 4) is 0 Å². The molecule has 106 valence electrons. The molecule has 0 bridgehead atoms. The zero-order valence-electron chi connectivity index (χ0n) is 12.0. The fourth-order valence-corrected chi connectivity index (χ4v) is 3.11. The Labute approximate surface area is 122 Å². The maximum Gasteiger partial charge on any atom is 0.0453 e. The smallest absolute Gasteiger partial charge is 0.0453 e. The van der Waals surface area contributed by atoms with Crippen LogP contribution in [0.15, 0.2) is 24.3 Å². The maximum absolute atomic E-state index is 6.29. The second kappa shape index (κ2) is 7.28. The number of rotatable bonds is 4. The molecule has 2 unspecified atom stereocenters. The van der Waals surface area contributed by atoms with Gasteiger partial charge in [-0.2, -0.15) is 0 Å². The van der Waals surface area contributed by atoms with Crippen LogP contribution < -0.4 is 5.32 Å². The number of nitrogens with one attached hydrogen (secondary N) is 1. The largest absolute Gasteiger partial charge is 0.313 e. The summed E-state index contributed by atoms with van der Waals surface area (Å²) < 4.78 is 0. The summed E-state index contributed by atoms with van der Waals surface area (Å²) in [6, 6.07) is 9.15. The van der Waals surface area contributed by atoms with Crippen LogP contribution in [0.2, 0.25) is 5.02 Å². The number of benzene rings is 1. The molecule has 3 heteroatoms. The fourth-order valence-electron chi connectivity index (χ4n) is 2.81. The Hall–Kier alpha value is -0.570. The summed E-state index contributed by atoms with van der Waals surface area (Å²) in [5.41, 5.74) is 1.22. The Balaban J connectivity index is 1.95. The van der Waals surface area contributed by atoms with E-state index in [4.69, 9.17) is 11.6 Å². The minimum absolute atomic E-state index is 0.360. The van der Waals surface area contributed by atoms with Gasteiger partial charge in [0.25, 0.3) is 0 Å². The van der Waals surface area contributed by atoms with Gasteiger partial charge in [0.15, 0.2) is 0 Å². The van der Waals surface area contributed by atoms with Gasteiger partial charge in [-0.3, -0.25) is 4.90 Å². The van der Waals surface area contributed by atoms with E-state index in [1.165, 1.54) is 37.8 Å². The Morgan fingerprint density at radius 2 is 2.11 bits per heavy atom. The van der Waals surface area contributed by atoms with Crippen molar-refractivity contribution >= 4 is 11.6 Å². The summed E-state index contributed by atoms with van der Waals surface area (Å²) in [7, 11) is 2.20. The van der Waals surface area contributed by atoms with E-state index in [-0.39, 0.29) is 0 Å². The topological polar surface area (TPSA) is 15.3 Å². The Morgan fingerprint density at radius 1 is 1.32 bits per heavy atom. The van der Waals surface area contributed by atoms with Crippen LogP contribution in [0.5, 0.6) is 0 Å². The van der Waals surface area contributed by atoms with Crippen molar-refractivity contribution in [1.82, 2.24) is 10.2 Å². The lowest BCUT2D eigenvalue weighted by molar-refractivity contribution is 0.228. The van der Waals surface area contributed by atoms with Crippen LogP contribution in [0.4, 0.5) is 0 Å². The van der Waals surface area contributed by atoms with Crippen molar-refractivity contribution in [1.29, 1.82) is 0 Å². The summed E-state index contributed by atoms with van der Waals surface area (Å²) in [5.74, 6) is 0. The van der Waals surface area contributed by atoms with Crippen LogP contribution in [0.1, 0.15) is 44.2 Å². The Bertz CT molecular complexity index is 386. The summed E-state index contributed by atoms with van der Waals surface area (Å²) in [6.07, 6.45) is 5.33. The van der Waals surface area contributed by atoms with Gasteiger partial charge in [-0.15, -0.1) is 0 Å². The quantitative estimate of drug-likeness (QED) is 0.901. The van der Waals surface area contributed by atoms with E-state index in [1.54, 1.807) is 0 Å². The second-order valence-electron chi connectivity index (χ2n) is 5.64. The van der Waals surface area contributed by atoms with Gasteiger partial charge >= 0.3 is 0 Å². The monoisotopic (exact) mass is 280 g/mol. The number of hydrogen-bond acceptors (Lipinski definition) is 2. The van der Waals surface area contributed by atoms with Crippen LogP contribution in [-0.2, 0) is 0 Å². The van der Waals surface area contributed by atoms with Crippen molar-refractivity contribution < 1.29 is 0 Å². The molecule has 0 spiro atoms. The van der Waals surface area contributed by atoms with Crippen molar-refractivity contribution in [3.63, 3.8) is 0 Å². The average Bonchev–Trinajstić information content (AvgIpc) is 2.67. The lowest BCUT2D eigenvalue weighted by Crippen LogP contribution is -2.40. The number of hydrogen-bond donors (Lipinski definition) is 1. The van der Waals surface area contributed by atoms with E-state index in [9.17, 15) is 0 Å². The first kappa shape index (κ1) is 14.8. The predicted octanol–water partition coefficient (Wildman–Crippen LogP) is 3.87. The van der Waals surface area contributed by atoms with Gasteiger partial charge in [-0.05, 0) is 45.0 Å². The van der Waals surface area contributed by atoms with Gasteiger partial charge < -0.3 is 5.32 Å². The molecule has 1 aromatic rings. The highest BCUT2D eigenvalue weighted by Crippen LogP contribution is 2.26. The zero-order valence-corrected chi connectivity index (χ0v) is 12.8. The van der Waals surface area contributed by atoms with E-state index in [0.29, 0.717) is 12.1 Å². The average molecular weight is 281 g/mol. The van der Waals surface area contributed by atoms with Crippen molar-refractivity contribution in [3.05, 3.63) is 34.9 Å². The zero-order chi connectivity index (χ0) is 13.7. The van der Waals surface area contributed by atoms with E-state index in [2.05, 4.69) is 36.3 Å². The van der Waals surface area contributed by atoms with Gasteiger partial charge in [0.1, 0.15) is 0 Å². The molecule has 0 saturated carbocycles. The highest BCUT2D eigenvalue weighted by Gasteiger charge is 2.19. The number of nitrogens with zero attached hydrogens (tertiary/aromatic N) is 1. The molecule has 2 nitrogen and oxygen atoms in total. The minimum Gasteiger partial charge on any atom is -0.313 e. The van der Waals surface area contributed by atoms with E-state index >= 15 is 0 Å². The maximum atomic E-state index is 6.29. The van der Waals surface area contributed by atoms with Crippen LogP contribution in [0, 0.1) is 0 Å². The molecule has 1 heterocycles. The lowest BCUT2D eigenvalue weighted by atomic mass is 10.1. The third kappa shape index (κ3) is 4.20. The van der Waals surface area contributed by atoms with Gasteiger partial charge in [-0.25, -0.2) is 0 Å². The molecule has 0 radical (unpaired) electrons. The fraction of sp³-hybridized carbons (Fsp3) is 0.625. The molecule has 1 saturated heterocycles. The van der Waals surface area contributed by atoms with Gasteiger partial charge in [0.05, 0.1) is 0 Å². The Morgan fingerprint density at radius 3 is 2.89 bits per heavy atom. The van der Waals surface area contributed by atoms with Crippen molar-refractivity contribution in [2.45, 2.75) is 44.7 Å². The Kier molecular flexibility index (Phi) is 5.68. The van der Waals surface area contributed by atoms with Crippen LogP contribution in [-0.4, -0.2) is 31.1 Å². The van der Waals surface area contributed by atoms with Crippen molar-refractivity contribution in [2.75, 3.05) is 20.1 Å². The van der Waals surface area contributed by atoms with E-state index in [1.807, 2.05) is 12.1 Å². The molecular formula is C16H25ClN2. The molecule has 2 rings (SSSR count). The molecule has 1 fully saturated rings. The summed E-state index contributed by atoms with van der Waals surface area (Å²) in [6.45, 7) is 4.49. The molecule has 0 amide bonds. The molecule has 1 aliphatic rings. The number of halogens is 1. The van der Waals surface area contributed by atoms with Crippen LogP contribution in [0.3, 0.4) is 0 Å². The normalized spacial score (nSPS) is 22.2. The molecule has 1 N–H and O–H groups in total. The summed E-state index contributed by atoms with van der Waals surface area (Å²) >= 11 is 6.29. The van der Waals surface area contributed by atoms with Crippen LogP contribution in [0.25, 0.3) is 0 Å². The van der Waals surface area contributed by atoms with Crippen LogP contribution >= 0.6 is 11.6 Å². The second-order valence-corrected chi connectivity index (χ2v) is 6.04. The first-order chi connectivity index (χ1) is 9.18. The van der Waals surface area contributed by atoms with E-state index in [0.717, 1.165) is 11.6 Å². The molecular weight excluding hydrogens is 256 g/mol. The highest BCUT2D eigenvalue weighted by molar-refractivity contribution is 6.31. The SMILES string of the molecule is CC(c1ccccc1Cl)N(C)CC1CCCCCN1. The first-order valence-electron chi connectivity index (χ1n) is 7.36. The standard InChI is InChI=1S/C16H25ClN2/c1-13(15-9-5-6-10-16(15)17)19(2)12-14-8-4-3-7-11-18-14/h5-6,9-10,13-14,18H,3-4,7-8,11-12H2,1-2H3. The molecule has 1 aromatic carbocycles. The third-order valence-corrected chi connectivity index (χ3v) is 4.53. The molecule has 1 aliphatic heterocycles. The lowest BCUT2D eigenvalue weighted by Gasteiger charge is -2.29. The van der Waals surface area contributed by atoms with Crippen molar-refractivity contribution in [2.24, 2.45) is 0 Å². The predicted molar refractivity (Wildman–Crippen MR) is 82.8 cm³/mol. The van der Waals surface area contributed by atoms with Gasteiger partial charge in [0, 0.05) is 23.7 Å². The molecule has 0 aromatic heterocycles. The first-order valence-corrected chi connectivity index (χ1v) is 7.74. The molecule has 19 heavy (non-hydrogen) atoms. The summed E-state index contributed by atoms with van der Waals surface area (Å²) in [5, 5.41) is 4.53. The molecule has 0 aliphatic carbocycles. The molecule has 2 atom stereocenters. The van der Waals surface area contributed by atoms with Gasteiger partial charge in [-0.1, -0.05) is 42.6 Å². The number of likely N-dealkylation sites (N-methyl/N-ethyl adjacent to an activating group) is 1. The highest BCUT2D eigenvalue weighted by atomic mass is 35.5.